The third-order valence-corrected chi connectivity index (χ3v) is 11.5. The lowest BCUT2D eigenvalue weighted by molar-refractivity contribution is -0.258. The molecule has 1 aromatic heterocycles. The van der Waals surface area contributed by atoms with Gasteiger partial charge >= 0.3 is 6.18 Å². The zero-order valence-corrected chi connectivity index (χ0v) is 21.3. The van der Waals surface area contributed by atoms with Crippen molar-refractivity contribution < 1.29 is 35.1 Å². The molecule has 1 fully saturated rings. The van der Waals surface area contributed by atoms with Crippen molar-refractivity contribution in [1.82, 2.24) is 4.31 Å². The molecule has 190 valence electrons. The zero-order chi connectivity index (χ0) is 25.5. The summed E-state index contributed by atoms with van der Waals surface area (Å²) in [4.78, 5) is 1.70. The van der Waals surface area contributed by atoms with Gasteiger partial charge in [-0.2, -0.15) is 17.5 Å². The first kappa shape index (κ1) is 26.9. The van der Waals surface area contributed by atoms with Crippen molar-refractivity contribution in [3.63, 3.8) is 0 Å². The van der Waals surface area contributed by atoms with Gasteiger partial charge in [-0.15, -0.1) is 11.3 Å². The van der Waals surface area contributed by atoms with Crippen LogP contribution in [0.3, 0.4) is 0 Å². The van der Waals surface area contributed by atoms with Gasteiger partial charge in [-0.1, -0.05) is 18.2 Å². The highest BCUT2D eigenvalue weighted by Crippen LogP contribution is 2.39. The van der Waals surface area contributed by atoms with Crippen LogP contribution in [0.25, 0.3) is 0 Å². The third kappa shape index (κ3) is 5.27. The number of halogens is 3. The molecule has 7 nitrogen and oxygen atoms in total. The van der Waals surface area contributed by atoms with E-state index < -0.39 is 42.9 Å². The molecule has 2 aromatic rings. The maximum atomic E-state index is 13.2. The monoisotopic (exact) mass is 540 g/mol. The SMILES string of the molecule is CC(C)S(=O)(=O)C[C@H]1CN(S(=O)(=O)c2cccs2)CCN1c1ccc([C@@](C)(O)C(F)(F)F)cc1. The highest BCUT2D eigenvalue weighted by molar-refractivity contribution is 7.92. The second-order valence-corrected chi connectivity index (χ2v) is 14.4. The molecule has 0 radical (unpaired) electrons. The van der Waals surface area contributed by atoms with Crippen molar-refractivity contribution in [2.24, 2.45) is 0 Å². The van der Waals surface area contributed by atoms with Crippen molar-refractivity contribution in [1.29, 1.82) is 0 Å². The molecule has 0 spiro atoms. The van der Waals surface area contributed by atoms with Crippen LogP contribution in [0.1, 0.15) is 26.3 Å². The van der Waals surface area contributed by atoms with Crippen molar-refractivity contribution in [3.8, 4) is 0 Å². The minimum atomic E-state index is -4.87. The predicted molar refractivity (Wildman–Crippen MR) is 125 cm³/mol. The lowest BCUT2D eigenvalue weighted by Gasteiger charge is -2.42. The number of aliphatic hydroxyl groups is 1. The molecule has 2 heterocycles. The molecule has 13 heteroatoms. The van der Waals surface area contributed by atoms with Gasteiger partial charge in [0.05, 0.1) is 17.0 Å². The van der Waals surface area contributed by atoms with Crippen molar-refractivity contribution >= 4 is 36.9 Å². The molecule has 0 aliphatic carbocycles. The van der Waals surface area contributed by atoms with Gasteiger partial charge < -0.3 is 10.0 Å². The van der Waals surface area contributed by atoms with Crippen LogP contribution in [0.15, 0.2) is 46.0 Å². The molecule has 0 bridgehead atoms. The Hall–Kier alpha value is -1.67. The van der Waals surface area contributed by atoms with E-state index in [1.165, 1.54) is 36.4 Å². The number of sulfone groups is 1. The van der Waals surface area contributed by atoms with Crippen LogP contribution in [-0.2, 0) is 25.5 Å². The summed E-state index contributed by atoms with van der Waals surface area (Å²) in [5.74, 6) is -0.316. The maximum Gasteiger partial charge on any atom is 0.421 e. The molecule has 1 aromatic carbocycles. The van der Waals surface area contributed by atoms with Gasteiger partial charge in [0.1, 0.15) is 4.21 Å². The van der Waals surface area contributed by atoms with E-state index in [4.69, 9.17) is 0 Å². The fourth-order valence-electron chi connectivity index (χ4n) is 3.67. The van der Waals surface area contributed by atoms with Crippen LogP contribution in [0, 0.1) is 0 Å². The Morgan fingerprint density at radius 2 is 1.71 bits per heavy atom. The molecule has 0 saturated carbocycles. The summed E-state index contributed by atoms with van der Waals surface area (Å²) in [6, 6.07) is 7.41. The van der Waals surface area contributed by atoms with Crippen molar-refractivity contribution in [2.45, 2.75) is 48.0 Å². The Balaban J connectivity index is 1.93. The van der Waals surface area contributed by atoms with Crippen molar-refractivity contribution in [3.05, 3.63) is 47.3 Å². The number of nitrogens with zero attached hydrogens (tertiary/aromatic N) is 2. The maximum absolute atomic E-state index is 13.2. The standard InChI is InChI=1S/C21H27F3N2O5S3/c1-15(2)33(28,29)14-18-13-25(34(30,31)19-5-4-12-32-19)10-11-26(18)17-8-6-16(7-9-17)20(3,27)21(22,23)24/h4-9,12,15,18,27H,10-11,13-14H2,1-3H3/t18-,20-/m1/s1. The van der Waals surface area contributed by atoms with E-state index >= 15 is 0 Å². The van der Waals surface area contributed by atoms with Gasteiger partial charge in [-0.25, -0.2) is 16.8 Å². The normalized spacial score (nSPS) is 20.5. The summed E-state index contributed by atoms with van der Waals surface area (Å²) >= 11 is 1.07. The molecule has 3 rings (SSSR count). The fraction of sp³-hybridized carbons (Fsp3) is 0.524. The second kappa shape index (κ2) is 9.41. The number of rotatable bonds is 7. The quantitative estimate of drug-likeness (QED) is 0.580. The third-order valence-electron chi connectivity index (χ3n) is 5.99. The highest BCUT2D eigenvalue weighted by atomic mass is 32.2. The van der Waals surface area contributed by atoms with Crippen LogP contribution in [0.4, 0.5) is 18.9 Å². The highest BCUT2D eigenvalue weighted by Gasteiger charge is 2.51. The summed E-state index contributed by atoms with van der Waals surface area (Å²) in [5, 5.41) is 10.9. The van der Waals surface area contributed by atoms with Gasteiger partial charge in [0.15, 0.2) is 15.4 Å². The topological polar surface area (TPSA) is 95.0 Å². The molecule has 2 atom stereocenters. The van der Waals surface area contributed by atoms with E-state index in [0.29, 0.717) is 12.6 Å². The fourth-order valence-corrected chi connectivity index (χ4v) is 7.49. The van der Waals surface area contributed by atoms with E-state index in [2.05, 4.69) is 0 Å². The Morgan fingerprint density at radius 1 is 1.09 bits per heavy atom. The van der Waals surface area contributed by atoms with E-state index in [0.717, 1.165) is 23.5 Å². The Morgan fingerprint density at radius 3 is 2.21 bits per heavy atom. The Kier molecular flexibility index (Phi) is 7.46. The first-order chi connectivity index (χ1) is 15.6. The predicted octanol–water partition coefficient (Wildman–Crippen LogP) is 3.22. The molecule has 1 saturated heterocycles. The number of anilines is 1. The molecule has 1 aliphatic heterocycles. The van der Waals surface area contributed by atoms with E-state index in [1.54, 1.807) is 16.3 Å². The number of alkyl halides is 3. The zero-order valence-electron chi connectivity index (χ0n) is 18.9. The summed E-state index contributed by atoms with van der Waals surface area (Å²) in [6.45, 7) is 3.88. The summed E-state index contributed by atoms with van der Waals surface area (Å²) < 4.78 is 92.4. The minimum absolute atomic E-state index is 0.0838. The van der Waals surface area contributed by atoms with Gasteiger partial charge in [0.2, 0.25) is 0 Å². The minimum Gasteiger partial charge on any atom is -0.376 e. The van der Waals surface area contributed by atoms with Crippen molar-refractivity contribution in [2.75, 3.05) is 30.3 Å². The van der Waals surface area contributed by atoms with Crippen LogP contribution in [0.5, 0.6) is 0 Å². The van der Waals surface area contributed by atoms with E-state index in [9.17, 15) is 35.1 Å². The summed E-state index contributed by atoms with van der Waals surface area (Å²) in [5.41, 5.74) is -2.95. The molecule has 1 N–H and O–H groups in total. The Bertz CT molecular complexity index is 1190. The molecule has 0 unspecified atom stereocenters. The first-order valence-electron chi connectivity index (χ1n) is 10.5. The molecular formula is C21H27F3N2O5S3. The van der Waals surface area contributed by atoms with Gasteiger partial charge in [0.25, 0.3) is 10.0 Å². The van der Waals surface area contributed by atoms with Gasteiger partial charge in [0, 0.05) is 25.3 Å². The van der Waals surface area contributed by atoms with Crippen LogP contribution < -0.4 is 4.90 Å². The molecule has 1 aliphatic rings. The number of thiophene rings is 1. The van der Waals surface area contributed by atoms with E-state index in [-0.39, 0.29) is 35.2 Å². The number of benzene rings is 1. The van der Waals surface area contributed by atoms with E-state index in [1.807, 2.05) is 0 Å². The first-order valence-corrected chi connectivity index (χ1v) is 14.5. The van der Waals surface area contributed by atoms with Crippen LogP contribution in [0.2, 0.25) is 0 Å². The smallest absolute Gasteiger partial charge is 0.376 e. The van der Waals surface area contributed by atoms with Gasteiger partial charge in [-0.05, 0) is 49.9 Å². The lowest BCUT2D eigenvalue weighted by Crippen LogP contribution is -2.57. The number of hydrogen-bond donors (Lipinski definition) is 1. The lowest BCUT2D eigenvalue weighted by atomic mass is 9.95. The van der Waals surface area contributed by atoms with Crippen LogP contribution >= 0.6 is 11.3 Å². The largest absolute Gasteiger partial charge is 0.421 e. The number of piperazine rings is 1. The summed E-state index contributed by atoms with van der Waals surface area (Å²) in [7, 11) is -7.36. The molecule has 0 amide bonds. The average Bonchev–Trinajstić information content (AvgIpc) is 3.28. The second-order valence-electron chi connectivity index (χ2n) is 8.64. The Labute approximate surface area is 201 Å². The number of sulfonamides is 1. The number of hydrogen-bond acceptors (Lipinski definition) is 7. The van der Waals surface area contributed by atoms with Crippen LogP contribution in [-0.4, -0.2) is 69.1 Å². The van der Waals surface area contributed by atoms with Gasteiger partial charge in [-0.3, -0.25) is 0 Å². The summed E-state index contributed by atoms with van der Waals surface area (Å²) in [6.07, 6.45) is -4.87. The molecule has 34 heavy (non-hydrogen) atoms. The molecular weight excluding hydrogens is 513 g/mol. The average molecular weight is 541 g/mol.